The summed E-state index contributed by atoms with van der Waals surface area (Å²) in [5, 5.41) is 13.7. The second-order valence-corrected chi connectivity index (χ2v) is 5.42. The van der Waals surface area contributed by atoms with Crippen molar-refractivity contribution in [3.8, 4) is 0 Å². The minimum absolute atomic E-state index is 0.178. The summed E-state index contributed by atoms with van der Waals surface area (Å²) in [6, 6.07) is 0.345. The summed E-state index contributed by atoms with van der Waals surface area (Å²) in [5.41, 5.74) is -0.415. The van der Waals surface area contributed by atoms with Crippen LogP contribution in [0.3, 0.4) is 0 Å². The van der Waals surface area contributed by atoms with Gasteiger partial charge in [0.1, 0.15) is 5.66 Å². The number of hydrogen-bond acceptors (Lipinski definition) is 2. The van der Waals surface area contributed by atoms with Crippen LogP contribution in [0.5, 0.6) is 0 Å². The van der Waals surface area contributed by atoms with Crippen molar-refractivity contribution in [3.63, 3.8) is 0 Å². The van der Waals surface area contributed by atoms with Gasteiger partial charge in [-0.3, -0.25) is 4.90 Å². The van der Waals surface area contributed by atoms with Gasteiger partial charge in [0.05, 0.1) is 5.54 Å². The molecule has 1 heterocycles. The third-order valence-electron chi connectivity index (χ3n) is 4.57. The van der Waals surface area contributed by atoms with E-state index in [2.05, 4.69) is 32.7 Å². The summed E-state index contributed by atoms with van der Waals surface area (Å²) in [6.07, 6.45) is 4.49. The molecule has 14 heavy (non-hydrogen) atoms. The number of hydroxylamine groups is 2. The molecule has 2 aliphatic rings. The zero-order valence-electron chi connectivity index (χ0n) is 9.71. The van der Waals surface area contributed by atoms with Gasteiger partial charge >= 0.3 is 0 Å². The van der Waals surface area contributed by atoms with Gasteiger partial charge in [0.2, 0.25) is 0 Å². The Morgan fingerprint density at radius 1 is 1.21 bits per heavy atom. The van der Waals surface area contributed by atoms with E-state index in [1.54, 1.807) is 0 Å². The van der Waals surface area contributed by atoms with Crippen molar-refractivity contribution in [2.45, 2.75) is 63.7 Å². The van der Waals surface area contributed by atoms with E-state index in [1.165, 1.54) is 17.9 Å². The number of rotatable bonds is 0. The third-order valence-corrected chi connectivity index (χ3v) is 4.57. The molecule has 0 aromatic rings. The van der Waals surface area contributed by atoms with Crippen LogP contribution in [0.15, 0.2) is 0 Å². The van der Waals surface area contributed by atoms with Crippen LogP contribution in [0.4, 0.5) is 0 Å². The van der Waals surface area contributed by atoms with Crippen LogP contribution >= 0.6 is 0 Å². The monoisotopic (exact) mass is 197 g/mol. The smallest absolute Gasteiger partial charge is 0.102 e. The lowest BCUT2D eigenvalue weighted by Crippen LogP contribution is -2.51. The van der Waals surface area contributed by atoms with Gasteiger partial charge in [-0.1, -0.05) is 12.8 Å². The maximum atomic E-state index is 12.3. The van der Waals surface area contributed by atoms with E-state index in [0.717, 1.165) is 12.8 Å². The van der Waals surface area contributed by atoms with Crippen LogP contribution in [0.2, 0.25) is 0 Å². The highest BCUT2D eigenvalue weighted by molar-refractivity contribution is 5.07. The molecule has 3 heteroatoms. The Kier molecular flexibility index (Phi) is 2.18. The molecule has 1 unspecified atom stereocenters. The molecule has 0 aromatic heterocycles. The fourth-order valence-electron chi connectivity index (χ4n) is 3.18. The molecule has 3 nitrogen and oxygen atoms in total. The van der Waals surface area contributed by atoms with Gasteiger partial charge in [-0.25, -0.2) is 0 Å². The van der Waals surface area contributed by atoms with E-state index < -0.39 is 0 Å². The molecule has 0 aromatic carbocycles. The summed E-state index contributed by atoms with van der Waals surface area (Å²) < 4.78 is 0. The Morgan fingerprint density at radius 2 is 1.71 bits per heavy atom. The molecule has 1 saturated heterocycles. The van der Waals surface area contributed by atoms with Crippen molar-refractivity contribution in [3.05, 3.63) is 0 Å². The van der Waals surface area contributed by atoms with Crippen molar-refractivity contribution >= 4 is 0 Å². The first-order chi connectivity index (χ1) is 6.43. The zero-order chi connectivity index (χ0) is 10.6. The standard InChI is InChI=1S/C11H21N2O/c1-9-10(2,3)13(14)11(12(9)4)7-5-6-8-11/h9H,5-8H2,1-4H3. The number of nitrogens with zero attached hydrogens (tertiary/aromatic N) is 2. The van der Waals surface area contributed by atoms with Gasteiger partial charge in [0.25, 0.3) is 0 Å². The van der Waals surface area contributed by atoms with Gasteiger partial charge < -0.3 is 0 Å². The first-order valence-electron chi connectivity index (χ1n) is 5.63. The molecular weight excluding hydrogens is 176 g/mol. The van der Waals surface area contributed by atoms with Gasteiger partial charge in [0.15, 0.2) is 0 Å². The van der Waals surface area contributed by atoms with E-state index in [-0.39, 0.29) is 11.2 Å². The van der Waals surface area contributed by atoms with Crippen molar-refractivity contribution in [1.82, 2.24) is 9.96 Å². The first-order valence-corrected chi connectivity index (χ1v) is 5.63. The molecule has 1 aliphatic carbocycles. The number of likely N-dealkylation sites (N-methyl/N-ethyl adjacent to an activating group) is 1. The zero-order valence-corrected chi connectivity index (χ0v) is 9.71. The Labute approximate surface area is 86.6 Å². The normalized spacial score (nSPS) is 37.1. The molecule has 1 atom stereocenters. The second kappa shape index (κ2) is 2.94. The van der Waals surface area contributed by atoms with E-state index in [4.69, 9.17) is 0 Å². The topological polar surface area (TPSA) is 26.4 Å². The Balaban J connectivity index is 2.36. The average molecular weight is 197 g/mol. The molecule has 0 amide bonds. The average Bonchev–Trinajstić information content (AvgIpc) is 2.67. The Hall–Kier alpha value is -0.120. The van der Waals surface area contributed by atoms with Gasteiger partial charge in [-0.05, 0) is 40.7 Å². The fraction of sp³-hybridized carbons (Fsp3) is 1.00. The van der Waals surface area contributed by atoms with Crippen molar-refractivity contribution < 1.29 is 5.21 Å². The Bertz CT molecular complexity index is 233. The lowest BCUT2D eigenvalue weighted by molar-refractivity contribution is -0.266. The molecule has 0 bridgehead atoms. The molecule has 1 spiro atoms. The van der Waals surface area contributed by atoms with E-state index in [1.807, 2.05) is 0 Å². The second-order valence-electron chi connectivity index (χ2n) is 5.42. The van der Waals surface area contributed by atoms with Crippen molar-refractivity contribution in [2.75, 3.05) is 7.05 Å². The summed E-state index contributed by atoms with van der Waals surface area (Å²) in [5.74, 6) is 0. The maximum Gasteiger partial charge on any atom is 0.102 e. The minimum atomic E-state index is -0.237. The molecule has 1 saturated carbocycles. The van der Waals surface area contributed by atoms with Crippen LogP contribution in [-0.2, 0) is 5.21 Å². The van der Waals surface area contributed by atoms with Gasteiger partial charge in [0, 0.05) is 6.04 Å². The van der Waals surface area contributed by atoms with E-state index >= 15 is 0 Å². The van der Waals surface area contributed by atoms with Crippen LogP contribution < -0.4 is 0 Å². The molecular formula is C11H21N2O. The van der Waals surface area contributed by atoms with Crippen LogP contribution in [-0.4, -0.2) is 34.3 Å². The van der Waals surface area contributed by atoms with Crippen molar-refractivity contribution in [2.24, 2.45) is 0 Å². The quantitative estimate of drug-likeness (QED) is 0.594. The maximum absolute atomic E-state index is 12.3. The summed E-state index contributed by atoms with van der Waals surface area (Å²) in [7, 11) is 2.11. The number of hydrogen-bond donors (Lipinski definition) is 0. The van der Waals surface area contributed by atoms with E-state index in [9.17, 15) is 5.21 Å². The van der Waals surface area contributed by atoms with Gasteiger partial charge in [-0.15, -0.1) is 10.3 Å². The lowest BCUT2D eigenvalue weighted by atomic mass is 9.98. The third kappa shape index (κ3) is 1.03. The molecule has 2 fully saturated rings. The highest BCUT2D eigenvalue weighted by Gasteiger charge is 2.59. The predicted octanol–water partition coefficient (Wildman–Crippen LogP) is 2.02. The highest BCUT2D eigenvalue weighted by atomic mass is 16.5. The highest BCUT2D eigenvalue weighted by Crippen LogP contribution is 2.48. The summed E-state index contributed by atoms with van der Waals surface area (Å²) in [4.78, 5) is 2.30. The molecule has 0 N–H and O–H groups in total. The lowest BCUT2D eigenvalue weighted by Gasteiger charge is -2.36. The van der Waals surface area contributed by atoms with Crippen LogP contribution in [0.1, 0.15) is 46.5 Å². The molecule has 2 rings (SSSR count). The Morgan fingerprint density at radius 3 is 2.07 bits per heavy atom. The SMILES string of the molecule is CC1N(C)C2(CCCC2)N([O])C1(C)C. The summed E-state index contributed by atoms with van der Waals surface area (Å²) in [6.45, 7) is 6.29. The molecule has 1 aliphatic heterocycles. The largest absolute Gasteiger partial charge is 0.282 e. The molecule has 81 valence electrons. The molecule has 1 radical (unpaired) electrons. The minimum Gasteiger partial charge on any atom is -0.282 e. The van der Waals surface area contributed by atoms with Crippen LogP contribution in [0.25, 0.3) is 0 Å². The summed E-state index contributed by atoms with van der Waals surface area (Å²) >= 11 is 0. The predicted molar refractivity (Wildman–Crippen MR) is 55.0 cm³/mol. The first kappa shape index (κ1) is 10.4. The van der Waals surface area contributed by atoms with Gasteiger partial charge in [-0.2, -0.15) is 0 Å². The van der Waals surface area contributed by atoms with E-state index in [0.29, 0.717) is 6.04 Å². The van der Waals surface area contributed by atoms with Crippen molar-refractivity contribution in [1.29, 1.82) is 0 Å². The fourth-order valence-corrected chi connectivity index (χ4v) is 3.18. The van der Waals surface area contributed by atoms with Crippen LogP contribution in [0, 0.1) is 0 Å².